The maximum Gasteiger partial charge on any atom is 0.164 e. The fraction of sp³-hybridized carbons (Fsp3) is 1.00. The first-order valence-electron chi connectivity index (χ1n) is 4.03. The first-order chi connectivity index (χ1) is 5.83. The van der Waals surface area contributed by atoms with E-state index in [0.29, 0.717) is 6.61 Å². The van der Waals surface area contributed by atoms with Gasteiger partial charge >= 0.3 is 0 Å². The molecule has 1 saturated heterocycles. The summed E-state index contributed by atoms with van der Waals surface area (Å²) in [5, 5.41) is 0. The zero-order valence-corrected chi connectivity index (χ0v) is 7.78. The van der Waals surface area contributed by atoms with Gasteiger partial charge in [-0.25, -0.2) is 0 Å². The van der Waals surface area contributed by atoms with E-state index in [1.165, 1.54) is 0 Å². The molecule has 1 rings (SSSR count). The Labute approximate surface area is 72.7 Å². The number of ether oxygens (including phenoxy) is 4. The molecule has 0 aromatic rings. The molecule has 12 heavy (non-hydrogen) atoms. The molecule has 0 spiro atoms. The van der Waals surface area contributed by atoms with Crippen LogP contribution in [0.15, 0.2) is 0 Å². The molecule has 4 heteroatoms. The van der Waals surface area contributed by atoms with Crippen LogP contribution in [-0.4, -0.2) is 40.5 Å². The van der Waals surface area contributed by atoms with E-state index < -0.39 is 0 Å². The highest BCUT2D eigenvalue weighted by Crippen LogP contribution is 2.26. The summed E-state index contributed by atoms with van der Waals surface area (Å²) in [4.78, 5) is 0. The van der Waals surface area contributed by atoms with Gasteiger partial charge in [-0.1, -0.05) is 0 Å². The molecular formula is C8H16O4. The first kappa shape index (κ1) is 9.92. The maximum absolute atomic E-state index is 5.32. The zero-order chi connectivity index (χ0) is 8.97. The minimum atomic E-state index is -0.225. The van der Waals surface area contributed by atoms with Gasteiger partial charge < -0.3 is 18.9 Å². The van der Waals surface area contributed by atoms with Gasteiger partial charge in [-0.2, -0.15) is 0 Å². The molecule has 0 saturated carbocycles. The monoisotopic (exact) mass is 176 g/mol. The Kier molecular flexibility index (Phi) is 3.94. The molecule has 0 aromatic carbocycles. The first-order valence-corrected chi connectivity index (χ1v) is 4.03. The summed E-state index contributed by atoms with van der Waals surface area (Å²) in [5.41, 5.74) is 0. The van der Waals surface area contributed by atoms with Gasteiger partial charge in [0.2, 0.25) is 0 Å². The predicted molar refractivity (Wildman–Crippen MR) is 42.7 cm³/mol. The van der Waals surface area contributed by atoms with Crippen molar-refractivity contribution in [3.8, 4) is 0 Å². The van der Waals surface area contributed by atoms with Crippen molar-refractivity contribution in [2.24, 2.45) is 5.92 Å². The smallest absolute Gasteiger partial charge is 0.164 e. The van der Waals surface area contributed by atoms with Crippen molar-refractivity contribution in [2.75, 3.05) is 27.9 Å². The Balaban J connectivity index is 2.47. The van der Waals surface area contributed by atoms with Gasteiger partial charge in [-0.3, -0.25) is 0 Å². The molecule has 0 aliphatic carbocycles. The number of rotatable bonds is 4. The van der Waals surface area contributed by atoms with Crippen LogP contribution in [0.2, 0.25) is 0 Å². The molecule has 72 valence electrons. The van der Waals surface area contributed by atoms with Gasteiger partial charge in [0.05, 0.1) is 12.5 Å². The fourth-order valence-corrected chi connectivity index (χ4v) is 1.53. The van der Waals surface area contributed by atoms with Crippen LogP contribution in [0.25, 0.3) is 0 Å². The predicted octanol–water partition coefficient (Wildman–Crippen LogP) is 0.614. The minimum absolute atomic E-state index is 0.185. The Morgan fingerprint density at radius 2 is 1.92 bits per heavy atom. The van der Waals surface area contributed by atoms with Gasteiger partial charge in [-0.15, -0.1) is 0 Å². The summed E-state index contributed by atoms with van der Waals surface area (Å²) < 4.78 is 20.7. The third kappa shape index (κ3) is 1.95. The van der Waals surface area contributed by atoms with Crippen molar-refractivity contribution in [1.29, 1.82) is 0 Å². The summed E-state index contributed by atoms with van der Waals surface area (Å²) in [7, 11) is 4.88. The number of methoxy groups -OCH3 is 3. The Bertz CT molecular complexity index is 124. The van der Waals surface area contributed by atoms with E-state index >= 15 is 0 Å². The molecule has 1 heterocycles. The van der Waals surface area contributed by atoms with Crippen molar-refractivity contribution < 1.29 is 18.9 Å². The van der Waals surface area contributed by atoms with Crippen LogP contribution in [0.3, 0.4) is 0 Å². The second-order valence-corrected chi connectivity index (χ2v) is 2.77. The van der Waals surface area contributed by atoms with Gasteiger partial charge in [0.1, 0.15) is 0 Å². The molecule has 0 radical (unpaired) electrons. The number of hydrogen-bond acceptors (Lipinski definition) is 4. The molecule has 1 aliphatic heterocycles. The summed E-state index contributed by atoms with van der Waals surface area (Å²) in [6.07, 6.45) is 0.512. The van der Waals surface area contributed by atoms with Crippen LogP contribution < -0.4 is 0 Å². The molecule has 0 bridgehead atoms. The average Bonchev–Trinajstić information content (AvgIpc) is 2.55. The van der Waals surface area contributed by atoms with Gasteiger partial charge in [0.25, 0.3) is 0 Å². The third-order valence-corrected chi connectivity index (χ3v) is 2.13. The average molecular weight is 176 g/mol. The molecule has 0 amide bonds. The summed E-state index contributed by atoms with van der Waals surface area (Å²) in [6.45, 7) is 0.715. The standard InChI is InChI=1S/C8H16O4/c1-9-7(10-2)6-4-5-12-8(6)11-3/h6-8H,4-5H2,1-3H3/t6-,8+/m1/s1. The van der Waals surface area contributed by atoms with Crippen molar-refractivity contribution in [3.05, 3.63) is 0 Å². The highest BCUT2D eigenvalue weighted by Gasteiger charge is 2.35. The van der Waals surface area contributed by atoms with Crippen molar-refractivity contribution >= 4 is 0 Å². The Hall–Kier alpha value is -0.160. The second kappa shape index (κ2) is 4.77. The van der Waals surface area contributed by atoms with Crippen LogP contribution in [0.1, 0.15) is 6.42 Å². The quantitative estimate of drug-likeness (QED) is 0.588. The molecule has 1 aliphatic rings. The number of hydrogen-bond donors (Lipinski definition) is 0. The largest absolute Gasteiger partial charge is 0.355 e. The van der Waals surface area contributed by atoms with E-state index in [2.05, 4.69) is 0 Å². The highest BCUT2D eigenvalue weighted by atomic mass is 16.7. The van der Waals surface area contributed by atoms with E-state index in [1.807, 2.05) is 0 Å². The summed E-state index contributed by atoms with van der Waals surface area (Å²) in [5.74, 6) is 0.185. The highest BCUT2D eigenvalue weighted by molar-refractivity contribution is 4.72. The SMILES string of the molecule is COC(OC)[C@H]1CCO[C@@H]1OC. The molecular weight excluding hydrogens is 160 g/mol. The van der Waals surface area contributed by atoms with Crippen LogP contribution in [0.5, 0.6) is 0 Å². The summed E-state index contributed by atoms with van der Waals surface area (Å²) in [6, 6.07) is 0. The third-order valence-electron chi connectivity index (χ3n) is 2.13. The van der Waals surface area contributed by atoms with E-state index in [0.717, 1.165) is 6.42 Å². The maximum atomic E-state index is 5.32. The zero-order valence-electron chi connectivity index (χ0n) is 7.78. The molecule has 0 N–H and O–H groups in total. The van der Waals surface area contributed by atoms with Crippen molar-refractivity contribution in [1.82, 2.24) is 0 Å². The normalized spacial score (nSPS) is 30.0. The van der Waals surface area contributed by atoms with E-state index in [9.17, 15) is 0 Å². The lowest BCUT2D eigenvalue weighted by Gasteiger charge is -2.23. The molecule has 2 atom stereocenters. The lowest BCUT2D eigenvalue weighted by atomic mass is 10.1. The van der Waals surface area contributed by atoms with Gasteiger partial charge in [0, 0.05) is 21.3 Å². The fourth-order valence-electron chi connectivity index (χ4n) is 1.53. The van der Waals surface area contributed by atoms with Crippen LogP contribution >= 0.6 is 0 Å². The lowest BCUT2D eigenvalue weighted by Crippen LogP contribution is -2.32. The molecule has 4 nitrogen and oxygen atoms in total. The van der Waals surface area contributed by atoms with E-state index in [4.69, 9.17) is 18.9 Å². The van der Waals surface area contributed by atoms with E-state index in [1.54, 1.807) is 21.3 Å². The topological polar surface area (TPSA) is 36.9 Å². The van der Waals surface area contributed by atoms with Crippen molar-refractivity contribution in [2.45, 2.75) is 19.0 Å². The molecule has 0 unspecified atom stereocenters. The lowest BCUT2D eigenvalue weighted by molar-refractivity contribution is -0.195. The molecule has 1 fully saturated rings. The van der Waals surface area contributed by atoms with Crippen LogP contribution in [0, 0.1) is 5.92 Å². The van der Waals surface area contributed by atoms with Crippen molar-refractivity contribution in [3.63, 3.8) is 0 Å². The summed E-state index contributed by atoms with van der Waals surface area (Å²) >= 11 is 0. The second-order valence-electron chi connectivity index (χ2n) is 2.77. The van der Waals surface area contributed by atoms with E-state index in [-0.39, 0.29) is 18.5 Å². The Morgan fingerprint density at radius 3 is 2.42 bits per heavy atom. The van der Waals surface area contributed by atoms with Crippen LogP contribution in [-0.2, 0) is 18.9 Å². The minimum Gasteiger partial charge on any atom is -0.355 e. The molecule has 0 aromatic heterocycles. The van der Waals surface area contributed by atoms with Gasteiger partial charge in [0.15, 0.2) is 12.6 Å². The Morgan fingerprint density at radius 1 is 1.25 bits per heavy atom. The van der Waals surface area contributed by atoms with Crippen LogP contribution in [0.4, 0.5) is 0 Å². The van der Waals surface area contributed by atoms with Gasteiger partial charge in [-0.05, 0) is 6.42 Å².